The van der Waals surface area contributed by atoms with Crippen LogP contribution in [0.2, 0.25) is 6.82 Å². The highest BCUT2D eigenvalue weighted by atomic mass is 16.7. The van der Waals surface area contributed by atoms with Crippen LogP contribution in [-0.4, -0.2) is 102 Å². The van der Waals surface area contributed by atoms with E-state index in [9.17, 15) is 14.6 Å². The molecule has 0 aromatic heterocycles. The van der Waals surface area contributed by atoms with Gasteiger partial charge in [0.15, 0.2) is 11.5 Å². The maximum absolute atomic E-state index is 14.1. The lowest BCUT2D eigenvalue weighted by Crippen LogP contribution is -2.56. The van der Waals surface area contributed by atoms with Crippen molar-refractivity contribution in [2.24, 2.45) is 5.41 Å². The molecule has 0 spiro atoms. The van der Waals surface area contributed by atoms with Gasteiger partial charge in [-0.05, 0) is 54.1 Å². The molecule has 0 radical (unpaired) electrons. The fraction of sp³-hybridized carbons (Fsp3) is 0.562. The maximum Gasteiger partial charge on any atom is 0.376 e. The number of likely N-dealkylation sites (tertiary alicyclic amines) is 1. The number of fused-ring (bicyclic) bond motifs is 1. The first-order valence-corrected chi connectivity index (χ1v) is 15.3. The summed E-state index contributed by atoms with van der Waals surface area (Å²) in [6.45, 7) is 12.2. The van der Waals surface area contributed by atoms with Crippen molar-refractivity contribution in [3.8, 4) is 17.2 Å². The normalized spacial score (nSPS) is 20.7. The first-order chi connectivity index (χ1) is 20.5. The lowest BCUT2D eigenvalue weighted by atomic mass is 9.84. The molecule has 232 valence electrons. The first-order valence-electron chi connectivity index (χ1n) is 15.3. The molecule has 2 aromatic carbocycles. The summed E-state index contributed by atoms with van der Waals surface area (Å²) < 4.78 is 16.6. The maximum atomic E-state index is 14.1. The van der Waals surface area contributed by atoms with E-state index in [1.54, 1.807) is 13.9 Å². The van der Waals surface area contributed by atoms with Gasteiger partial charge in [0.2, 0.25) is 18.6 Å². The Kier molecular flexibility index (Phi) is 9.53. The van der Waals surface area contributed by atoms with E-state index in [0.29, 0.717) is 64.4 Å². The van der Waals surface area contributed by atoms with E-state index in [0.717, 1.165) is 22.6 Å². The Morgan fingerprint density at radius 1 is 1.05 bits per heavy atom. The third-order valence-electron chi connectivity index (χ3n) is 8.57. The molecular weight excluding hydrogens is 547 g/mol. The summed E-state index contributed by atoms with van der Waals surface area (Å²) in [5.74, 6) is 2.36. The predicted molar refractivity (Wildman–Crippen MR) is 165 cm³/mol. The van der Waals surface area contributed by atoms with E-state index in [2.05, 4.69) is 25.7 Å². The first kappa shape index (κ1) is 31.2. The van der Waals surface area contributed by atoms with Gasteiger partial charge in [-0.2, -0.15) is 0 Å². The van der Waals surface area contributed by atoms with Crippen LogP contribution >= 0.6 is 0 Å². The molecule has 2 saturated heterocycles. The molecule has 0 aliphatic carbocycles. The molecule has 3 heterocycles. The van der Waals surface area contributed by atoms with Crippen molar-refractivity contribution in [2.75, 3.05) is 46.6 Å². The number of hydrogen-bond donors (Lipinski definition) is 1. The van der Waals surface area contributed by atoms with Crippen LogP contribution in [0.25, 0.3) is 0 Å². The number of hydrogen-bond acceptors (Lipinski definition) is 8. The van der Waals surface area contributed by atoms with Crippen molar-refractivity contribution in [2.45, 2.75) is 65.6 Å². The molecule has 3 aliphatic heterocycles. The molecule has 0 saturated carbocycles. The molecule has 11 heteroatoms. The van der Waals surface area contributed by atoms with Gasteiger partial charge in [0, 0.05) is 58.3 Å². The van der Waals surface area contributed by atoms with Gasteiger partial charge in [-0.15, -0.1) is 0 Å². The Balaban J connectivity index is 1.41. The molecule has 2 aromatic rings. The summed E-state index contributed by atoms with van der Waals surface area (Å²) in [6.07, 6.45) is 0.968. The SMILES string of the molecule is COc1cccc(CN(C(=O)CC(C)(C)C)[C@H]2C[C@@H](C(=O)N3CCN(B(C)O)CC3)N(Cc3ccc4c(c3)OCO4)C2)c1. The van der Waals surface area contributed by atoms with Crippen molar-refractivity contribution in [1.29, 1.82) is 0 Å². The highest BCUT2D eigenvalue weighted by molar-refractivity contribution is 6.45. The Labute approximate surface area is 255 Å². The average Bonchev–Trinajstić information content (AvgIpc) is 3.61. The van der Waals surface area contributed by atoms with Gasteiger partial charge in [0.25, 0.3) is 0 Å². The summed E-state index contributed by atoms with van der Waals surface area (Å²) >= 11 is 0. The van der Waals surface area contributed by atoms with E-state index < -0.39 is 7.05 Å². The number of nitrogens with zero attached hydrogens (tertiary/aromatic N) is 4. The molecule has 2 atom stereocenters. The summed E-state index contributed by atoms with van der Waals surface area (Å²) in [5, 5.41) is 10.0. The zero-order valence-electron chi connectivity index (χ0n) is 26.1. The second kappa shape index (κ2) is 13.2. The van der Waals surface area contributed by atoms with Gasteiger partial charge < -0.3 is 33.8 Å². The third-order valence-corrected chi connectivity index (χ3v) is 8.57. The van der Waals surface area contributed by atoms with Gasteiger partial charge in [0.1, 0.15) is 5.75 Å². The Morgan fingerprint density at radius 2 is 1.79 bits per heavy atom. The van der Waals surface area contributed by atoms with Gasteiger partial charge >= 0.3 is 7.05 Å². The minimum absolute atomic E-state index is 0.0816. The fourth-order valence-corrected chi connectivity index (χ4v) is 6.28. The average molecular weight is 593 g/mol. The highest BCUT2D eigenvalue weighted by Gasteiger charge is 2.43. The van der Waals surface area contributed by atoms with Crippen LogP contribution in [0.1, 0.15) is 44.7 Å². The summed E-state index contributed by atoms with van der Waals surface area (Å²) in [6, 6.07) is 13.2. The van der Waals surface area contributed by atoms with Crippen LogP contribution in [0.3, 0.4) is 0 Å². The monoisotopic (exact) mass is 592 g/mol. The number of amides is 2. The Morgan fingerprint density at radius 3 is 2.49 bits per heavy atom. The van der Waals surface area contributed by atoms with Crippen LogP contribution in [0.5, 0.6) is 17.2 Å². The van der Waals surface area contributed by atoms with Crippen molar-refractivity contribution < 1.29 is 28.8 Å². The zero-order chi connectivity index (χ0) is 30.7. The van der Waals surface area contributed by atoms with Crippen molar-refractivity contribution in [3.05, 3.63) is 53.6 Å². The van der Waals surface area contributed by atoms with Gasteiger partial charge in [-0.3, -0.25) is 14.5 Å². The number of benzene rings is 2. The summed E-state index contributed by atoms with van der Waals surface area (Å²) in [4.78, 5) is 36.1. The lowest BCUT2D eigenvalue weighted by Gasteiger charge is -2.37. The predicted octanol–water partition coefficient (Wildman–Crippen LogP) is 3.09. The molecule has 0 bridgehead atoms. The molecular formula is C32H45BN4O6. The molecule has 3 aliphatic rings. The van der Waals surface area contributed by atoms with E-state index >= 15 is 0 Å². The standard InChI is InChI=1S/C32H45BN4O6/c1-32(2,3)18-30(38)37(20-23-7-6-8-26(15-23)41-5)25-17-27(31(39)34-11-13-36(14-12-34)33(4)40)35(21-25)19-24-9-10-28-29(16-24)43-22-42-28/h6-10,15-16,25,27,40H,11-14,17-22H2,1-5H3/t25-,27-/m0/s1. The van der Waals surface area contributed by atoms with Gasteiger partial charge in [-0.1, -0.05) is 39.0 Å². The smallest absolute Gasteiger partial charge is 0.376 e. The fourth-order valence-electron chi connectivity index (χ4n) is 6.28. The second-order valence-corrected chi connectivity index (χ2v) is 13.1. The topological polar surface area (TPSA) is 95.0 Å². The van der Waals surface area contributed by atoms with Crippen molar-refractivity contribution in [1.82, 2.24) is 19.5 Å². The quantitative estimate of drug-likeness (QED) is 0.445. The summed E-state index contributed by atoms with van der Waals surface area (Å²) in [7, 11) is 1.11. The number of carbonyl (C=O) groups excluding carboxylic acids is 2. The largest absolute Gasteiger partial charge is 0.497 e. The molecule has 0 unspecified atom stereocenters. The molecule has 2 amide bonds. The Bertz CT molecular complexity index is 1290. The molecule has 2 fully saturated rings. The second-order valence-electron chi connectivity index (χ2n) is 13.1. The van der Waals surface area contributed by atoms with Crippen LogP contribution in [0.15, 0.2) is 42.5 Å². The number of rotatable bonds is 9. The minimum Gasteiger partial charge on any atom is -0.497 e. The number of ether oxygens (including phenoxy) is 3. The van der Waals surface area contributed by atoms with Crippen LogP contribution in [0.4, 0.5) is 0 Å². The third kappa shape index (κ3) is 7.63. The van der Waals surface area contributed by atoms with Crippen molar-refractivity contribution in [3.63, 3.8) is 0 Å². The molecule has 10 nitrogen and oxygen atoms in total. The van der Waals surface area contributed by atoms with Crippen LogP contribution in [0, 0.1) is 5.41 Å². The lowest BCUT2D eigenvalue weighted by molar-refractivity contribution is -0.138. The number of methoxy groups -OCH3 is 1. The minimum atomic E-state index is -0.533. The number of piperazine rings is 1. The molecule has 1 N–H and O–H groups in total. The van der Waals surface area contributed by atoms with Crippen molar-refractivity contribution >= 4 is 18.9 Å². The van der Waals surface area contributed by atoms with Gasteiger partial charge in [-0.25, -0.2) is 0 Å². The molecule has 5 rings (SSSR count). The molecule has 43 heavy (non-hydrogen) atoms. The van der Waals surface area contributed by atoms with Crippen LogP contribution < -0.4 is 14.2 Å². The zero-order valence-corrected chi connectivity index (χ0v) is 26.1. The van der Waals surface area contributed by atoms with E-state index in [1.165, 1.54) is 0 Å². The van der Waals surface area contributed by atoms with E-state index in [-0.39, 0.29) is 36.1 Å². The number of carbonyl (C=O) groups is 2. The van der Waals surface area contributed by atoms with Gasteiger partial charge in [0.05, 0.1) is 13.2 Å². The highest BCUT2D eigenvalue weighted by Crippen LogP contribution is 2.35. The van der Waals surface area contributed by atoms with E-state index in [4.69, 9.17) is 14.2 Å². The van der Waals surface area contributed by atoms with Crippen LogP contribution in [-0.2, 0) is 22.7 Å². The summed E-state index contributed by atoms with van der Waals surface area (Å²) in [5.41, 5.74) is 1.85. The Hall–Kier alpha value is -3.28. The van der Waals surface area contributed by atoms with E-state index in [1.807, 2.05) is 57.1 Å².